The molecule has 17 atom stereocenters. The van der Waals surface area contributed by atoms with Crippen molar-refractivity contribution in [1.82, 2.24) is 58.1 Å². The van der Waals surface area contributed by atoms with Crippen molar-refractivity contribution < 1.29 is 151 Å². The minimum Gasteiger partial charge on any atom is -0.394 e. The Morgan fingerprint density at radius 3 is 0.976 bits per heavy atom. The number of hydrogen-bond acceptors (Lipinski definition) is 31. The summed E-state index contributed by atoms with van der Waals surface area (Å²) >= 11 is 0. The minimum atomic E-state index is -1.46. The largest absolute Gasteiger partial charge is 0.394 e. The zero-order valence-corrected chi connectivity index (χ0v) is 72.4. The summed E-state index contributed by atoms with van der Waals surface area (Å²) in [5, 5.41) is 129. The van der Waals surface area contributed by atoms with Crippen LogP contribution in [0.5, 0.6) is 0 Å². The lowest BCUT2D eigenvalue weighted by atomic mass is 9.97. The quantitative estimate of drug-likeness (QED) is 0.0256. The van der Waals surface area contributed by atoms with Crippen LogP contribution >= 0.6 is 0 Å². The fraction of sp³-hybridized carbons (Fsp3) is 0.864. The maximum Gasteiger partial charge on any atom is 0.222 e. The summed E-state index contributed by atoms with van der Waals surface area (Å²) < 4.78 is 58.0. The van der Waals surface area contributed by atoms with Gasteiger partial charge in [-0.1, -0.05) is 38.5 Å². The van der Waals surface area contributed by atoms with Crippen LogP contribution in [-0.2, 0) is 100 Å². The third-order valence-electron chi connectivity index (χ3n) is 20.8. The number of rotatable bonds is 66. The molecule has 42 heteroatoms. The zero-order valence-electron chi connectivity index (χ0n) is 72.4. The van der Waals surface area contributed by atoms with E-state index >= 15 is 0 Å². The normalized spacial score (nSPS) is 25.0. The van der Waals surface area contributed by atoms with Crippen molar-refractivity contribution in [1.29, 1.82) is 0 Å². The lowest BCUT2D eigenvalue weighted by Crippen LogP contribution is -2.64. The van der Waals surface area contributed by atoms with Gasteiger partial charge in [-0.3, -0.25) is 52.7 Å². The lowest BCUT2D eigenvalue weighted by molar-refractivity contribution is -0.270. The van der Waals surface area contributed by atoms with Crippen molar-refractivity contribution in [2.24, 2.45) is 0 Å². The van der Waals surface area contributed by atoms with Gasteiger partial charge in [-0.05, 0) is 90.9 Å². The lowest BCUT2D eigenvalue weighted by Gasteiger charge is -2.42. The van der Waals surface area contributed by atoms with Crippen LogP contribution in [0.2, 0.25) is 0 Å². The number of amides is 11. The molecule has 0 aliphatic carbocycles. The Morgan fingerprint density at radius 2 is 0.667 bits per heavy atom. The second kappa shape index (κ2) is 62.5. The van der Waals surface area contributed by atoms with Gasteiger partial charge in [0.15, 0.2) is 18.9 Å². The highest BCUT2D eigenvalue weighted by molar-refractivity contribution is 5.79. The van der Waals surface area contributed by atoms with Gasteiger partial charge in [-0.2, -0.15) is 0 Å². The first-order chi connectivity index (χ1) is 58.9. The van der Waals surface area contributed by atoms with Crippen LogP contribution in [0, 0.1) is 0 Å². The monoisotopic (exact) mass is 1770 g/mol. The summed E-state index contributed by atoms with van der Waals surface area (Å²) in [4.78, 5) is 142. The van der Waals surface area contributed by atoms with E-state index in [1.54, 1.807) is 4.90 Å². The standard InChI is InChI=1S/C81H145N11O31/c1-52(2)120-48-56-43-57(99)44-92(56)68(107)27-13-11-9-7-6-8-10-12-26-67(106)91-81(49-114-40-28-64(103)85-34-20-31-82-61(100)23-14-17-37-117-78-69(88-53(3)96)75(111)72(108)58(45-93)121-78,50-115-41-29-65(104)86-35-21-32-83-62(101)24-15-18-38-118-79-70(89-54(4)97)76(112)73(109)59(46-94)122-79)51-116-42-30-66(105)87-36-22-33-84-63(102)25-16-19-39-119-80-71(90-55(5)98)77(113)74(110)60(47-95)123-80/h52,56-60,69-80,93-95,99,108-113H,6-51H2,1-5H3,(H,82,100)(H,83,101)(H,84,102)(H,85,103)(H,86,104)(H,87,105)(H,88,96)(H,89,97)(H,90,98)(H,91,106)/t56-,57+,58?,59?,60?,69?,70?,71?,72?,73?,74?,75?,76?,77?,78?,79?,80?,81?/m0/s1. The molecule has 4 heterocycles. The average Bonchev–Trinajstić information content (AvgIpc) is 1.73. The van der Waals surface area contributed by atoms with E-state index in [0.29, 0.717) is 90.2 Å². The SMILES string of the molecule is CC(=O)NC1C(OCCCCC(=O)NCCCNC(=O)CCOCC(COCCC(=O)NCCCNC(=O)CCCCOC2OC(CO)C(O)C(O)C2NC(C)=O)(COCCC(=O)NCCCNC(=O)CCCCOC2OC(CO)C(O)C(O)C2NC(C)=O)NC(=O)CCCCCCCCCCC(=O)N2C[C@H](O)C[C@H]2COC(C)C)OC(CO)C(O)C1O. The van der Waals surface area contributed by atoms with E-state index in [1.807, 2.05) is 13.8 Å². The summed E-state index contributed by atoms with van der Waals surface area (Å²) in [6.07, 6.45) is -5.22. The Hall–Kier alpha value is -6.63. The molecule has 4 saturated heterocycles. The molecule has 0 radical (unpaired) electrons. The van der Waals surface area contributed by atoms with Crippen LogP contribution in [-0.4, -0.2) is 368 Å². The minimum absolute atomic E-state index is 0.0127. The number of aliphatic hydroxyl groups is 10. The maximum atomic E-state index is 14.1. The van der Waals surface area contributed by atoms with Crippen molar-refractivity contribution >= 4 is 65.0 Å². The zero-order chi connectivity index (χ0) is 90.5. The average molecular weight is 1770 g/mol. The fourth-order valence-electron chi connectivity index (χ4n) is 14.1. The molecule has 4 aliphatic rings. The van der Waals surface area contributed by atoms with Gasteiger partial charge in [-0.15, -0.1) is 0 Å². The van der Waals surface area contributed by atoms with Gasteiger partial charge >= 0.3 is 0 Å². The van der Waals surface area contributed by atoms with Gasteiger partial charge in [0.1, 0.15) is 78.6 Å². The summed E-state index contributed by atoms with van der Waals surface area (Å²) in [5.41, 5.74) is -1.43. The third kappa shape index (κ3) is 44.6. The predicted molar refractivity (Wildman–Crippen MR) is 438 cm³/mol. The number of unbranched alkanes of at least 4 members (excludes halogenated alkanes) is 10. The molecule has 4 rings (SSSR count). The van der Waals surface area contributed by atoms with E-state index in [4.69, 9.17) is 47.4 Å². The highest BCUT2D eigenvalue weighted by Crippen LogP contribution is 2.27. The Balaban J connectivity index is 1.31. The molecule has 0 aromatic rings. The van der Waals surface area contributed by atoms with Gasteiger partial charge in [0.2, 0.25) is 65.0 Å². The van der Waals surface area contributed by atoms with E-state index in [1.165, 1.54) is 20.8 Å². The van der Waals surface area contributed by atoms with E-state index in [2.05, 4.69) is 53.2 Å². The third-order valence-corrected chi connectivity index (χ3v) is 20.8. The Morgan fingerprint density at radius 1 is 0.374 bits per heavy atom. The van der Waals surface area contributed by atoms with E-state index < -0.39 is 141 Å². The molecule has 710 valence electrons. The van der Waals surface area contributed by atoms with Crippen LogP contribution < -0.4 is 53.2 Å². The van der Waals surface area contributed by atoms with Gasteiger partial charge in [0.05, 0.1) is 84.3 Å². The van der Waals surface area contributed by atoms with Gasteiger partial charge in [-0.25, -0.2) is 0 Å². The van der Waals surface area contributed by atoms with Gasteiger partial charge in [0.25, 0.3) is 0 Å². The van der Waals surface area contributed by atoms with E-state index in [9.17, 15) is 104 Å². The van der Waals surface area contributed by atoms with E-state index in [0.717, 1.165) is 44.9 Å². The summed E-state index contributed by atoms with van der Waals surface area (Å²) in [7, 11) is 0. The van der Waals surface area contributed by atoms with E-state index in [-0.39, 0.29) is 203 Å². The molecule has 15 unspecified atom stereocenters. The smallest absolute Gasteiger partial charge is 0.222 e. The number of aliphatic hydroxyl groups excluding tert-OH is 10. The molecule has 0 aromatic carbocycles. The first-order valence-electron chi connectivity index (χ1n) is 43.7. The topological polar surface area (TPSA) is 606 Å². The van der Waals surface area contributed by atoms with Crippen molar-refractivity contribution in [3.8, 4) is 0 Å². The van der Waals surface area contributed by atoms with Gasteiger partial charge in [0, 0.05) is 138 Å². The molecule has 0 bridgehead atoms. The number of carbonyl (C=O) groups is 11. The molecular formula is C81H145N11O31. The van der Waals surface area contributed by atoms with Crippen LogP contribution in [0.4, 0.5) is 0 Å². The second-order valence-corrected chi connectivity index (χ2v) is 32.0. The maximum absolute atomic E-state index is 14.1. The number of nitrogens with one attached hydrogen (secondary N) is 10. The Labute approximate surface area is 720 Å². The number of hydrogen-bond donors (Lipinski definition) is 20. The molecule has 4 fully saturated rings. The molecule has 0 spiro atoms. The highest BCUT2D eigenvalue weighted by atomic mass is 16.7. The molecule has 0 saturated carbocycles. The second-order valence-electron chi connectivity index (χ2n) is 32.0. The van der Waals surface area contributed by atoms with Crippen molar-refractivity contribution in [3.05, 3.63) is 0 Å². The molecule has 4 aliphatic heterocycles. The van der Waals surface area contributed by atoms with Crippen LogP contribution in [0.3, 0.4) is 0 Å². The predicted octanol–water partition coefficient (Wildman–Crippen LogP) is -4.39. The molecule has 20 N–H and O–H groups in total. The first kappa shape index (κ1) is 109. The van der Waals surface area contributed by atoms with Crippen molar-refractivity contribution in [3.63, 3.8) is 0 Å². The van der Waals surface area contributed by atoms with Crippen molar-refractivity contribution in [2.45, 2.75) is 317 Å². The number of carbonyl (C=O) groups excluding carboxylic acids is 11. The fourth-order valence-corrected chi connectivity index (χ4v) is 14.1. The molecular weight excluding hydrogens is 1620 g/mol. The van der Waals surface area contributed by atoms with Crippen LogP contribution in [0.1, 0.15) is 202 Å². The number of β-amino-alcohol motifs (C(OH)–C–C–N with tert-alkyl or cyclic N) is 1. The number of likely N-dealkylation sites (tertiary alicyclic amines) is 1. The summed E-state index contributed by atoms with van der Waals surface area (Å²) in [5.74, 6) is -3.73. The molecule has 123 heavy (non-hydrogen) atoms. The molecule has 11 amide bonds. The molecule has 42 nitrogen and oxygen atoms in total. The Kier molecular flexibility index (Phi) is 55.2. The Bertz CT molecular complexity index is 2820. The first-order valence-corrected chi connectivity index (χ1v) is 43.7. The van der Waals surface area contributed by atoms with Gasteiger partial charge < -0.3 is 157 Å². The summed E-state index contributed by atoms with van der Waals surface area (Å²) in [6, 6.07) is -3.44. The number of ether oxygens (including phenoxy) is 10. The molecule has 0 aromatic heterocycles. The van der Waals surface area contributed by atoms with Crippen molar-refractivity contribution in [2.75, 3.05) is 132 Å². The highest BCUT2D eigenvalue weighted by Gasteiger charge is 2.48. The number of nitrogens with zero attached hydrogens (tertiary/aromatic N) is 1. The van der Waals surface area contributed by atoms with Crippen LogP contribution in [0.25, 0.3) is 0 Å². The summed E-state index contributed by atoms with van der Waals surface area (Å²) in [6.45, 7) is 6.85. The van der Waals surface area contributed by atoms with Crippen LogP contribution in [0.15, 0.2) is 0 Å².